The predicted octanol–water partition coefficient (Wildman–Crippen LogP) is 5.25. The topological polar surface area (TPSA) is 119 Å². The number of aliphatic imine (C=N–C) groups is 1. The maximum absolute atomic E-state index is 13.9. The minimum atomic E-state index is -4.40. The zero-order valence-electron chi connectivity index (χ0n) is 27.5. The Bertz CT molecular complexity index is 1880. The monoisotopic (exact) mass is 675 g/mol. The number of rotatable bonds is 9. The van der Waals surface area contributed by atoms with Gasteiger partial charge in [-0.15, -0.1) is 0 Å². The summed E-state index contributed by atoms with van der Waals surface area (Å²) in [6.07, 6.45) is -2.43. The van der Waals surface area contributed by atoms with Crippen LogP contribution in [0.4, 0.5) is 36.3 Å². The molecule has 2 aliphatic heterocycles. The number of nitrogen functional groups attached to an aromatic ring is 1. The number of aryl methyl sites for hydroxylation is 1. The molecular weight excluding hydrogens is 639 g/mol. The maximum Gasteiger partial charge on any atom is 0.416 e. The van der Waals surface area contributed by atoms with Gasteiger partial charge in [-0.1, -0.05) is 17.7 Å². The maximum atomic E-state index is 13.9. The van der Waals surface area contributed by atoms with Crippen molar-refractivity contribution in [1.29, 1.82) is 0 Å². The molecule has 1 fully saturated rings. The molecule has 2 N–H and O–H groups in total. The summed E-state index contributed by atoms with van der Waals surface area (Å²) in [6, 6.07) is 14.7. The van der Waals surface area contributed by atoms with Gasteiger partial charge in [0.15, 0.2) is 11.5 Å². The van der Waals surface area contributed by atoms with Crippen molar-refractivity contribution >= 4 is 34.8 Å². The Kier molecular flexibility index (Phi) is 9.32. The Morgan fingerprint density at radius 1 is 0.939 bits per heavy atom. The number of aromatic nitrogens is 2. The summed E-state index contributed by atoms with van der Waals surface area (Å²) in [5.41, 5.74) is 10.2. The average molecular weight is 676 g/mol. The molecule has 14 heteroatoms. The molecule has 3 aromatic carbocycles. The molecule has 1 aromatic heterocycles. The lowest BCUT2D eigenvalue weighted by Gasteiger charge is -2.37. The van der Waals surface area contributed by atoms with Crippen LogP contribution >= 0.6 is 0 Å². The van der Waals surface area contributed by atoms with Crippen molar-refractivity contribution in [2.45, 2.75) is 19.5 Å². The van der Waals surface area contributed by atoms with Gasteiger partial charge in [-0.3, -0.25) is 14.6 Å². The van der Waals surface area contributed by atoms with E-state index in [1.165, 1.54) is 19.2 Å². The van der Waals surface area contributed by atoms with Crippen molar-refractivity contribution in [3.8, 4) is 17.2 Å². The zero-order chi connectivity index (χ0) is 34.9. The number of hydrogen-bond donors (Lipinski definition) is 1. The van der Waals surface area contributed by atoms with Crippen LogP contribution < -0.4 is 29.7 Å². The fourth-order valence-corrected chi connectivity index (χ4v) is 6.06. The molecule has 1 saturated heterocycles. The molecule has 0 unspecified atom stereocenters. The van der Waals surface area contributed by atoms with Crippen LogP contribution in [-0.2, 0) is 17.4 Å². The van der Waals surface area contributed by atoms with E-state index in [1.54, 1.807) is 31.4 Å². The standard InChI is InChI=1S/C35H36F3N7O4/c1-21-8-9-27-26(14-21)30(33(46)45(27)20-43-10-12-44(13-11-43)25-7-5-6-24(18-25)35(36,37)38)41-34-40-19-23(32(39)42-34)15-22-16-28(47-2)31(49-4)29(17-22)48-3/h5-9,14,16-19H,10-13,15,20H2,1-4H3,(H2,39,40,42)/b41-30-. The molecular formula is C35H36F3N7O4. The number of hydrogen-bond acceptors (Lipinski definition) is 10. The zero-order valence-corrected chi connectivity index (χ0v) is 27.5. The molecule has 4 aromatic rings. The fourth-order valence-electron chi connectivity index (χ4n) is 6.06. The number of nitrogens with two attached hydrogens (primary N) is 1. The molecule has 6 rings (SSSR count). The predicted molar refractivity (Wildman–Crippen MR) is 180 cm³/mol. The van der Waals surface area contributed by atoms with Crippen LogP contribution in [0.5, 0.6) is 17.2 Å². The van der Waals surface area contributed by atoms with E-state index in [4.69, 9.17) is 19.9 Å². The summed E-state index contributed by atoms with van der Waals surface area (Å²) in [7, 11) is 4.62. The third-order valence-electron chi connectivity index (χ3n) is 8.61. The highest BCUT2D eigenvalue weighted by atomic mass is 19.4. The lowest BCUT2D eigenvalue weighted by Crippen LogP contribution is -2.51. The minimum Gasteiger partial charge on any atom is -0.493 e. The second-order valence-electron chi connectivity index (χ2n) is 11.8. The van der Waals surface area contributed by atoms with Crippen molar-refractivity contribution in [3.05, 3.63) is 88.6 Å². The van der Waals surface area contributed by atoms with Crippen molar-refractivity contribution in [2.75, 3.05) is 69.7 Å². The number of carbonyl (C=O) groups excluding carboxylic acids is 1. The van der Waals surface area contributed by atoms with Gasteiger partial charge in [-0.25, -0.2) is 9.98 Å². The molecule has 49 heavy (non-hydrogen) atoms. The van der Waals surface area contributed by atoms with E-state index in [0.717, 1.165) is 17.2 Å². The van der Waals surface area contributed by atoms with Crippen LogP contribution in [0.1, 0.15) is 27.8 Å². The van der Waals surface area contributed by atoms with Gasteiger partial charge < -0.3 is 24.8 Å². The smallest absolute Gasteiger partial charge is 0.416 e. The van der Waals surface area contributed by atoms with E-state index in [2.05, 4.69) is 19.9 Å². The molecule has 0 aliphatic carbocycles. The van der Waals surface area contributed by atoms with Crippen LogP contribution in [0.2, 0.25) is 0 Å². The first-order valence-electron chi connectivity index (χ1n) is 15.6. The van der Waals surface area contributed by atoms with E-state index in [0.29, 0.717) is 79.0 Å². The van der Waals surface area contributed by atoms with Crippen molar-refractivity contribution in [2.24, 2.45) is 4.99 Å². The van der Waals surface area contributed by atoms with Gasteiger partial charge in [0.2, 0.25) is 5.75 Å². The SMILES string of the molecule is COc1cc(Cc2cnc(/N=C3\C(=O)N(CN4CCN(c5cccc(C(F)(F)F)c5)CC4)c4ccc(C)cc43)nc2N)cc(OC)c1OC. The number of methoxy groups -OCH3 is 3. The molecule has 0 spiro atoms. The summed E-state index contributed by atoms with van der Waals surface area (Å²) in [5, 5.41) is 0. The number of nitrogens with zero attached hydrogens (tertiary/aromatic N) is 6. The van der Waals surface area contributed by atoms with Gasteiger partial charge >= 0.3 is 6.18 Å². The average Bonchev–Trinajstić information content (AvgIpc) is 3.34. The molecule has 0 bridgehead atoms. The van der Waals surface area contributed by atoms with E-state index in [1.807, 2.05) is 42.2 Å². The molecule has 256 valence electrons. The summed E-state index contributed by atoms with van der Waals surface area (Å²) < 4.78 is 56.1. The number of amides is 1. The first-order chi connectivity index (χ1) is 23.5. The molecule has 0 atom stereocenters. The Morgan fingerprint density at radius 3 is 2.29 bits per heavy atom. The second-order valence-corrected chi connectivity index (χ2v) is 11.8. The molecule has 1 amide bonds. The highest BCUT2D eigenvalue weighted by Crippen LogP contribution is 2.39. The van der Waals surface area contributed by atoms with Crippen molar-refractivity contribution in [1.82, 2.24) is 14.9 Å². The number of carbonyl (C=O) groups is 1. The molecule has 0 saturated carbocycles. The number of fused-ring (bicyclic) bond motifs is 1. The Morgan fingerprint density at radius 2 is 1.65 bits per heavy atom. The molecule has 11 nitrogen and oxygen atoms in total. The van der Waals surface area contributed by atoms with E-state index < -0.39 is 11.7 Å². The van der Waals surface area contributed by atoms with E-state index in [9.17, 15) is 18.0 Å². The highest BCUT2D eigenvalue weighted by molar-refractivity contribution is 6.54. The van der Waals surface area contributed by atoms with Crippen LogP contribution in [0.15, 0.2) is 65.8 Å². The van der Waals surface area contributed by atoms with Gasteiger partial charge in [0, 0.05) is 55.6 Å². The Hall–Kier alpha value is -5.37. The van der Waals surface area contributed by atoms with E-state index >= 15 is 0 Å². The lowest BCUT2D eigenvalue weighted by molar-refractivity contribution is -0.137. The Balaban J connectivity index is 1.19. The number of ether oxygens (including phenoxy) is 3. The third kappa shape index (κ3) is 6.95. The highest BCUT2D eigenvalue weighted by Gasteiger charge is 2.36. The largest absolute Gasteiger partial charge is 0.493 e. The fraction of sp³-hybridized carbons (Fsp3) is 0.314. The molecule has 2 aliphatic rings. The molecule has 0 radical (unpaired) electrons. The minimum absolute atomic E-state index is 0.0542. The van der Waals surface area contributed by atoms with Crippen LogP contribution in [-0.4, -0.2) is 80.7 Å². The number of benzene rings is 3. The normalized spacial score (nSPS) is 15.9. The summed E-state index contributed by atoms with van der Waals surface area (Å²) >= 11 is 0. The van der Waals surface area contributed by atoms with Crippen LogP contribution in [0, 0.1) is 6.92 Å². The van der Waals surface area contributed by atoms with Crippen molar-refractivity contribution < 1.29 is 32.2 Å². The van der Waals surface area contributed by atoms with Gasteiger partial charge in [-0.05, 0) is 55.0 Å². The van der Waals surface area contributed by atoms with E-state index in [-0.39, 0.29) is 23.4 Å². The first kappa shape index (κ1) is 33.5. The van der Waals surface area contributed by atoms with Gasteiger partial charge in [0.1, 0.15) is 11.5 Å². The molecule has 3 heterocycles. The number of halogens is 3. The van der Waals surface area contributed by atoms with Crippen LogP contribution in [0.3, 0.4) is 0 Å². The summed E-state index contributed by atoms with van der Waals surface area (Å²) in [5.74, 6) is 1.47. The number of piperazine rings is 1. The quantitative estimate of drug-likeness (QED) is 0.254. The first-order valence-corrected chi connectivity index (χ1v) is 15.6. The van der Waals surface area contributed by atoms with Gasteiger partial charge in [0.05, 0.1) is 39.2 Å². The lowest BCUT2D eigenvalue weighted by atomic mass is 10.1. The number of alkyl halides is 3. The number of anilines is 3. The summed E-state index contributed by atoms with van der Waals surface area (Å²) in [4.78, 5) is 33.0. The van der Waals surface area contributed by atoms with Gasteiger partial charge in [-0.2, -0.15) is 18.2 Å². The second kappa shape index (κ2) is 13.6. The van der Waals surface area contributed by atoms with Gasteiger partial charge in [0.25, 0.3) is 11.9 Å². The van der Waals surface area contributed by atoms with Crippen molar-refractivity contribution in [3.63, 3.8) is 0 Å². The third-order valence-corrected chi connectivity index (χ3v) is 8.61. The Labute approximate surface area is 281 Å². The van der Waals surface area contributed by atoms with Crippen LogP contribution in [0.25, 0.3) is 0 Å². The summed E-state index contributed by atoms with van der Waals surface area (Å²) in [6.45, 7) is 4.37.